The zero-order valence-electron chi connectivity index (χ0n) is 11.2. The zero-order valence-corrected chi connectivity index (χ0v) is 12.8. The van der Waals surface area contributed by atoms with Crippen molar-refractivity contribution in [3.63, 3.8) is 0 Å². The number of hydrogen-bond donors (Lipinski definition) is 2. The van der Waals surface area contributed by atoms with Gasteiger partial charge in [-0.15, -0.1) is 10.2 Å². The Labute approximate surface area is 125 Å². The van der Waals surface area contributed by atoms with Crippen molar-refractivity contribution < 1.29 is 14.7 Å². The molecule has 0 saturated heterocycles. The second-order valence-corrected chi connectivity index (χ2v) is 7.20. The molecule has 1 aromatic heterocycles. The van der Waals surface area contributed by atoms with E-state index < -0.39 is 5.97 Å². The number of thioether (sulfide) groups is 1. The van der Waals surface area contributed by atoms with Crippen LogP contribution in [0, 0.1) is 11.8 Å². The number of aromatic nitrogens is 2. The van der Waals surface area contributed by atoms with Gasteiger partial charge in [-0.1, -0.05) is 30.0 Å². The molecule has 6 nitrogen and oxygen atoms in total. The Kier molecular flexibility index (Phi) is 5.36. The predicted octanol–water partition coefficient (Wildman–Crippen LogP) is 2.48. The molecule has 2 N–H and O–H groups in total. The molecule has 1 heterocycles. The molecule has 0 aromatic carbocycles. The Bertz CT molecular complexity index is 484. The molecule has 1 amide bonds. The number of hydrogen-bond acceptors (Lipinski definition) is 6. The maximum atomic E-state index is 12.1. The highest BCUT2D eigenvalue weighted by Gasteiger charge is 2.25. The number of carboxylic acids is 1. The lowest BCUT2D eigenvalue weighted by molar-refractivity contribution is -0.133. The summed E-state index contributed by atoms with van der Waals surface area (Å²) in [5, 5.41) is 19.5. The van der Waals surface area contributed by atoms with E-state index in [1.165, 1.54) is 11.3 Å². The standard InChI is InChI=1S/C12H17N3O3S2/c1-7-2-4-8(5-3-7)10(18)13-11-14-15-12(20-11)19-6-9(16)17/h7-8H,2-6H2,1H3,(H,16,17)(H,13,14,18). The number of nitrogens with one attached hydrogen (secondary N) is 1. The monoisotopic (exact) mass is 315 g/mol. The van der Waals surface area contributed by atoms with Crippen molar-refractivity contribution in [3.8, 4) is 0 Å². The smallest absolute Gasteiger partial charge is 0.313 e. The lowest BCUT2D eigenvalue weighted by atomic mass is 9.82. The van der Waals surface area contributed by atoms with Crippen LogP contribution in [0.5, 0.6) is 0 Å². The maximum Gasteiger partial charge on any atom is 0.313 e. The number of aliphatic carboxylic acids is 1. The number of carbonyl (C=O) groups excluding carboxylic acids is 1. The van der Waals surface area contributed by atoms with Crippen molar-refractivity contribution in [1.82, 2.24) is 10.2 Å². The highest BCUT2D eigenvalue weighted by atomic mass is 32.2. The summed E-state index contributed by atoms with van der Waals surface area (Å²) >= 11 is 2.32. The average molecular weight is 315 g/mol. The van der Waals surface area contributed by atoms with E-state index >= 15 is 0 Å². The number of amides is 1. The summed E-state index contributed by atoms with van der Waals surface area (Å²) in [6.45, 7) is 2.21. The third-order valence-corrected chi connectivity index (χ3v) is 5.30. The maximum absolute atomic E-state index is 12.1. The largest absolute Gasteiger partial charge is 0.481 e. The molecule has 20 heavy (non-hydrogen) atoms. The fourth-order valence-corrected chi connectivity index (χ4v) is 3.65. The van der Waals surface area contributed by atoms with Gasteiger partial charge in [-0.25, -0.2) is 0 Å². The molecule has 110 valence electrons. The van der Waals surface area contributed by atoms with Crippen LogP contribution in [0.3, 0.4) is 0 Å². The summed E-state index contributed by atoms with van der Waals surface area (Å²) < 4.78 is 0.556. The summed E-state index contributed by atoms with van der Waals surface area (Å²) in [5.74, 6) is -0.178. The molecule has 1 saturated carbocycles. The molecule has 0 bridgehead atoms. The van der Waals surface area contributed by atoms with E-state index in [2.05, 4.69) is 22.4 Å². The van der Waals surface area contributed by atoms with Crippen LogP contribution in [-0.4, -0.2) is 32.9 Å². The Morgan fingerprint density at radius 3 is 2.70 bits per heavy atom. The first-order valence-electron chi connectivity index (χ1n) is 6.53. The van der Waals surface area contributed by atoms with Gasteiger partial charge >= 0.3 is 5.97 Å². The number of carbonyl (C=O) groups is 2. The summed E-state index contributed by atoms with van der Waals surface area (Å²) in [6.07, 6.45) is 4.03. The first-order chi connectivity index (χ1) is 9.54. The average Bonchev–Trinajstić information content (AvgIpc) is 2.84. The van der Waals surface area contributed by atoms with Crippen LogP contribution >= 0.6 is 23.1 Å². The van der Waals surface area contributed by atoms with Crippen LogP contribution < -0.4 is 5.32 Å². The van der Waals surface area contributed by atoms with Crippen LogP contribution in [0.15, 0.2) is 4.34 Å². The van der Waals surface area contributed by atoms with Gasteiger partial charge in [-0.3, -0.25) is 9.59 Å². The summed E-state index contributed by atoms with van der Waals surface area (Å²) in [7, 11) is 0. The molecule has 1 aromatic rings. The van der Waals surface area contributed by atoms with Crippen LogP contribution in [0.25, 0.3) is 0 Å². The first kappa shape index (κ1) is 15.2. The van der Waals surface area contributed by atoms with Crippen LogP contribution in [0.4, 0.5) is 5.13 Å². The Balaban J connectivity index is 1.83. The van der Waals surface area contributed by atoms with Crippen LogP contribution in [0.2, 0.25) is 0 Å². The Morgan fingerprint density at radius 1 is 1.35 bits per heavy atom. The molecular weight excluding hydrogens is 298 g/mol. The minimum Gasteiger partial charge on any atom is -0.481 e. The molecule has 1 aliphatic rings. The molecular formula is C12H17N3O3S2. The van der Waals surface area contributed by atoms with Gasteiger partial charge in [-0.2, -0.15) is 0 Å². The van der Waals surface area contributed by atoms with Crippen molar-refractivity contribution in [1.29, 1.82) is 0 Å². The Hall–Kier alpha value is -1.15. The molecule has 0 radical (unpaired) electrons. The second kappa shape index (κ2) is 7.03. The molecule has 1 fully saturated rings. The molecule has 8 heteroatoms. The van der Waals surface area contributed by atoms with Crippen molar-refractivity contribution in [2.75, 3.05) is 11.1 Å². The van der Waals surface area contributed by atoms with Gasteiger partial charge in [0.15, 0.2) is 4.34 Å². The number of carboxylic acid groups (broad SMARTS) is 1. The first-order valence-corrected chi connectivity index (χ1v) is 8.33. The summed E-state index contributed by atoms with van der Waals surface area (Å²) in [5.41, 5.74) is 0. The number of anilines is 1. The second-order valence-electron chi connectivity index (χ2n) is 5.00. The van der Waals surface area contributed by atoms with Crippen molar-refractivity contribution >= 4 is 40.1 Å². The number of rotatable bonds is 5. The van der Waals surface area contributed by atoms with Gasteiger partial charge in [0.1, 0.15) is 0 Å². The van der Waals surface area contributed by atoms with E-state index in [4.69, 9.17) is 5.11 Å². The topological polar surface area (TPSA) is 92.2 Å². The SMILES string of the molecule is CC1CCC(C(=O)Nc2nnc(SCC(=O)O)s2)CC1. The van der Waals surface area contributed by atoms with E-state index in [1.807, 2.05) is 0 Å². The lowest BCUT2D eigenvalue weighted by Crippen LogP contribution is -2.26. The van der Waals surface area contributed by atoms with E-state index in [1.54, 1.807) is 0 Å². The highest BCUT2D eigenvalue weighted by Crippen LogP contribution is 2.30. The molecule has 2 rings (SSSR count). The predicted molar refractivity (Wildman–Crippen MR) is 78.0 cm³/mol. The van der Waals surface area contributed by atoms with E-state index in [0.29, 0.717) is 15.4 Å². The van der Waals surface area contributed by atoms with Gasteiger partial charge in [-0.05, 0) is 31.6 Å². The third-order valence-electron chi connectivity index (χ3n) is 3.34. The number of nitrogens with zero attached hydrogens (tertiary/aromatic N) is 2. The third kappa shape index (κ3) is 4.45. The van der Waals surface area contributed by atoms with Gasteiger partial charge in [0.05, 0.1) is 5.75 Å². The van der Waals surface area contributed by atoms with Crippen LogP contribution in [-0.2, 0) is 9.59 Å². The van der Waals surface area contributed by atoms with Crippen LogP contribution in [0.1, 0.15) is 32.6 Å². The Morgan fingerprint density at radius 2 is 2.05 bits per heavy atom. The van der Waals surface area contributed by atoms with Crippen molar-refractivity contribution in [3.05, 3.63) is 0 Å². The van der Waals surface area contributed by atoms with E-state index in [9.17, 15) is 9.59 Å². The fourth-order valence-electron chi connectivity index (χ4n) is 2.17. The minimum absolute atomic E-state index is 0.00262. The van der Waals surface area contributed by atoms with E-state index in [0.717, 1.165) is 37.4 Å². The van der Waals surface area contributed by atoms with E-state index in [-0.39, 0.29) is 17.6 Å². The van der Waals surface area contributed by atoms with Crippen molar-refractivity contribution in [2.45, 2.75) is 36.9 Å². The van der Waals surface area contributed by atoms with Gasteiger partial charge in [0.25, 0.3) is 0 Å². The van der Waals surface area contributed by atoms with Gasteiger partial charge < -0.3 is 10.4 Å². The lowest BCUT2D eigenvalue weighted by Gasteiger charge is -2.24. The van der Waals surface area contributed by atoms with Crippen molar-refractivity contribution in [2.24, 2.45) is 11.8 Å². The zero-order chi connectivity index (χ0) is 14.5. The molecule has 0 spiro atoms. The molecule has 0 aliphatic heterocycles. The molecule has 0 atom stereocenters. The minimum atomic E-state index is -0.896. The summed E-state index contributed by atoms with van der Waals surface area (Å²) in [6, 6.07) is 0. The molecule has 0 unspecified atom stereocenters. The highest BCUT2D eigenvalue weighted by molar-refractivity contribution is 8.01. The fraction of sp³-hybridized carbons (Fsp3) is 0.667. The normalized spacial score (nSPS) is 22.4. The molecule has 1 aliphatic carbocycles. The summed E-state index contributed by atoms with van der Waals surface area (Å²) in [4.78, 5) is 22.5. The quantitative estimate of drug-likeness (QED) is 0.640. The van der Waals surface area contributed by atoms with Gasteiger partial charge in [0, 0.05) is 5.92 Å². The van der Waals surface area contributed by atoms with Gasteiger partial charge in [0.2, 0.25) is 11.0 Å².